The summed E-state index contributed by atoms with van der Waals surface area (Å²) in [7, 11) is 2.05. The smallest absolute Gasteiger partial charge is 0.0558 e. The zero-order valence-electron chi connectivity index (χ0n) is 11.6. The lowest BCUT2D eigenvalue weighted by molar-refractivity contribution is 0.00906. The van der Waals surface area contributed by atoms with E-state index in [0.29, 0.717) is 18.0 Å². The average Bonchev–Trinajstić information content (AvgIpc) is 2.92. The van der Waals surface area contributed by atoms with Crippen LogP contribution in [0.5, 0.6) is 0 Å². The van der Waals surface area contributed by atoms with Crippen LogP contribution in [0.2, 0.25) is 0 Å². The van der Waals surface area contributed by atoms with Crippen LogP contribution in [0.15, 0.2) is 0 Å². The third-order valence-corrected chi connectivity index (χ3v) is 4.54. The minimum Gasteiger partial charge on any atom is -0.395 e. The second-order valence-electron chi connectivity index (χ2n) is 5.68. The first-order valence-electron chi connectivity index (χ1n) is 7.45. The van der Waals surface area contributed by atoms with E-state index in [1.807, 2.05) is 0 Å². The number of hydrogen-bond acceptors (Lipinski definition) is 4. The maximum atomic E-state index is 9.26. The monoisotopic (exact) mass is 256 g/mol. The number of ether oxygens (including phenoxy) is 1. The first kappa shape index (κ1) is 14.3. The lowest BCUT2D eigenvalue weighted by Crippen LogP contribution is -2.49. The Kier molecular flexibility index (Phi) is 5.89. The number of aliphatic hydroxyl groups excluding tert-OH is 1. The maximum absolute atomic E-state index is 9.26. The van der Waals surface area contributed by atoms with Gasteiger partial charge in [-0.3, -0.25) is 4.90 Å². The Hall–Kier alpha value is -0.160. The molecule has 1 heterocycles. The number of hydrogen-bond donors (Lipinski definition) is 2. The van der Waals surface area contributed by atoms with Gasteiger partial charge in [-0.2, -0.15) is 0 Å². The van der Waals surface area contributed by atoms with Crippen LogP contribution in [0.4, 0.5) is 0 Å². The standard InChI is InChI=1S/C14H28N2O2/c1-15-14-6-9-18-11-12(14)10-16(7-8-17)13-4-2-3-5-13/h12-15,17H,2-11H2,1H3. The molecule has 1 aliphatic heterocycles. The highest BCUT2D eigenvalue weighted by Gasteiger charge is 2.29. The van der Waals surface area contributed by atoms with Crippen molar-refractivity contribution in [2.75, 3.05) is 40.0 Å². The molecule has 0 bridgehead atoms. The van der Waals surface area contributed by atoms with Crippen molar-refractivity contribution in [3.63, 3.8) is 0 Å². The van der Waals surface area contributed by atoms with E-state index < -0.39 is 0 Å². The van der Waals surface area contributed by atoms with Crippen molar-refractivity contribution in [2.24, 2.45) is 5.92 Å². The molecule has 2 aliphatic rings. The summed E-state index contributed by atoms with van der Waals surface area (Å²) >= 11 is 0. The van der Waals surface area contributed by atoms with Crippen molar-refractivity contribution in [3.8, 4) is 0 Å². The van der Waals surface area contributed by atoms with Crippen molar-refractivity contribution in [3.05, 3.63) is 0 Å². The number of aliphatic hydroxyl groups is 1. The fourth-order valence-electron chi connectivity index (χ4n) is 3.48. The van der Waals surface area contributed by atoms with E-state index in [2.05, 4.69) is 17.3 Å². The summed E-state index contributed by atoms with van der Waals surface area (Å²) in [4.78, 5) is 2.50. The Morgan fingerprint density at radius 2 is 2.06 bits per heavy atom. The average molecular weight is 256 g/mol. The van der Waals surface area contributed by atoms with Crippen LogP contribution in [0.1, 0.15) is 32.1 Å². The van der Waals surface area contributed by atoms with Gasteiger partial charge in [0, 0.05) is 37.7 Å². The van der Waals surface area contributed by atoms with Crippen molar-refractivity contribution in [2.45, 2.75) is 44.2 Å². The molecular formula is C14H28N2O2. The minimum absolute atomic E-state index is 0.272. The summed E-state index contributed by atoms with van der Waals surface area (Å²) in [5, 5.41) is 12.7. The molecule has 2 N–H and O–H groups in total. The van der Waals surface area contributed by atoms with Crippen molar-refractivity contribution in [1.29, 1.82) is 0 Å². The molecule has 0 aromatic heterocycles. The zero-order valence-corrected chi connectivity index (χ0v) is 11.6. The van der Waals surface area contributed by atoms with Crippen molar-refractivity contribution in [1.82, 2.24) is 10.2 Å². The Labute approximate surface area is 111 Å². The molecule has 4 heteroatoms. The lowest BCUT2D eigenvalue weighted by atomic mass is 9.94. The Balaban J connectivity index is 1.89. The highest BCUT2D eigenvalue weighted by molar-refractivity contribution is 4.85. The Bertz CT molecular complexity index is 232. The van der Waals surface area contributed by atoms with Crippen molar-refractivity contribution < 1.29 is 9.84 Å². The number of nitrogens with zero attached hydrogens (tertiary/aromatic N) is 1. The van der Waals surface area contributed by atoms with Crippen LogP contribution in [-0.4, -0.2) is 62.0 Å². The second kappa shape index (κ2) is 7.43. The summed E-state index contributed by atoms with van der Waals surface area (Å²) in [6.45, 7) is 3.90. The van der Waals surface area contributed by atoms with Gasteiger partial charge in [0.15, 0.2) is 0 Å². The quantitative estimate of drug-likeness (QED) is 0.739. The lowest BCUT2D eigenvalue weighted by Gasteiger charge is -2.37. The first-order valence-corrected chi connectivity index (χ1v) is 7.45. The maximum Gasteiger partial charge on any atom is 0.0558 e. The van der Waals surface area contributed by atoms with Gasteiger partial charge in [-0.15, -0.1) is 0 Å². The van der Waals surface area contributed by atoms with Gasteiger partial charge in [0.1, 0.15) is 0 Å². The van der Waals surface area contributed by atoms with Crippen LogP contribution < -0.4 is 5.32 Å². The molecular weight excluding hydrogens is 228 g/mol. The Morgan fingerprint density at radius 3 is 2.72 bits per heavy atom. The SMILES string of the molecule is CNC1CCOCC1CN(CCO)C1CCCC1. The van der Waals surface area contributed by atoms with Gasteiger partial charge in [0.05, 0.1) is 13.2 Å². The summed E-state index contributed by atoms with van der Waals surface area (Å²) in [5.41, 5.74) is 0. The van der Waals surface area contributed by atoms with Gasteiger partial charge < -0.3 is 15.2 Å². The molecule has 4 nitrogen and oxygen atoms in total. The highest BCUT2D eigenvalue weighted by Crippen LogP contribution is 2.25. The molecule has 0 spiro atoms. The zero-order chi connectivity index (χ0) is 12.8. The minimum atomic E-state index is 0.272. The van der Waals surface area contributed by atoms with E-state index in [9.17, 15) is 5.11 Å². The molecule has 2 fully saturated rings. The van der Waals surface area contributed by atoms with E-state index in [1.165, 1.54) is 25.7 Å². The molecule has 1 saturated carbocycles. The van der Waals surface area contributed by atoms with Gasteiger partial charge in [0.25, 0.3) is 0 Å². The predicted octanol–water partition coefficient (Wildman–Crippen LogP) is 0.848. The van der Waals surface area contributed by atoms with E-state index >= 15 is 0 Å². The van der Waals surface area contributed by atoms with Crippen LogP contribution in [-0.2, 0) is 4.74 Å². The molecule has 2 atom stereocenters. The molecule has 0 radical (unpaired) electrons. The fourth-order valence-corrected chi connectivity index (χ4v) is 3.48. The molecule has 1 saturated heterocycles. The summed E-state index contributed by atoms with van der Waals surface area (Å²) in [6, 6.07) is 1.26. The summed E-state index contributed by atoms with van der Waals surface area (Å²) in [5.74, 6) is 0.566. The molecule has 0 amide bonds. The normalized spacial score (nSPS) is 30.2. The molecule has 2 rings (SSSR count). The van der Waals surface area contributed by atoms with Crippen LogP contribution in [0.3, 0.4) is 0 Å². The molecule has 0 aromatic carbocycles. The predicted molar refractivity (Wildman–Crippen MR) is 72.7 cm³/mol. The summed E-state index contributed by atoms with van der Waals surface area (Å²) in [6.07, 6.45) is 6.42. The Morgan fingerprint density at radius 1 is 1.28 bits per heavy atom. The van der Waals surface area contributed by atoms with Gasteiger partial charge in [0.2, 0.25) is 0 Å². The molecule has 2 unspecified atom stereocenters. The largest absolute Gasteiger partial charge is 0.395 e. The highest BCUT2D eigenvalue weighted by atomic mass is 16.5. The van der Waals surface area contributed by atoms with Gasteiger partial charge in [-0.25, -0.2) is 0 Å². The number of rotatable bonds is 6. The number of nitrogens with one attached hydrogen (secondary N) is 1. The van der Waals surface area contributed by atoms with E-state index in [0.717, 1.165) is 32.7 Å². The van der Waals surface area contributed by atoms with Gasteiger partial charge in [-0.1, -0.05) is 12.8 Å². The molecule has 1 aliphatic carbocycles. The second-order valence-corrected chi connectivity index (χ2v) is 5.68. The molecule has 106 valence electrons. The van der Waals surface area contributed by atoms with Gasteiger partial charge in [-0.05, 0) is 26.3 Å². The topological polar surface area (TPSA) is 44.7 Å². The summed E-state index contributed by atoms with van der Waals surface area (Å²) < 4.78 is 5.63. The molecule has 0 aromatic rings. The van der Waals surface area contributed by atoms with E-state index in [-0.39, 0.29) is 6.61 Å². The third-order valence-electron chi connectivity index (χ3n) is 4.54. The first-order chi connectivity index (χ1) is 8.85. The third kappa shape index (κ3) is 3.67. The van der Waals surface area contributed by atoms with E-state index in [4.69, 9.17) is 4.74 Å². The van der Waals surface area contributed by atoms with Crippen LogP contribution in [0.25, 0.3) is 0 Å². The van der Waals surface area contributed by atoms with E-state index in [1.54, 1.807) is 0 Å². The van der Waals surface area contributed by atoms with Crippen LogP contribution in [0, 0.1) is 5.92 Å². The van der Waals surface area contributed by atoms with Crippen molar-refractivity contribution >= 4 is 0 Å². The van der Waals surface area contributed by atoms with Gasteiger partial charge >= 0.3 is 0 Å². The fraction of sp³-hybridized carbons (Fsp3) is 1.00. The molecule has 18 heavy (non-hydrogen) atoms. The van der Waals surface area contributed by atoms with Crippen LogP contribution >= 0.6 is 0 Å².